The Bertz CT molecular complexity index is 542. The predicted molar refractivity (Wildman–Crippen MR) is 88.4 cm³/mol. The first-order valence-corrected chi connectivity index (χ1v) is 8.30. The zero-order chi connectivity index (χ0) is 16.7. The van der Waals surface area contributed by atoms with Gasteiger partial charge < -0.3 is 20.9 Å². The normalized spacial score (nSPS) is 13.3. The molecule has 0 aliphatic rings. The molecule has 6 nitrogen and oxygen atoms in total. The van der Waals surface area contributed by atoms with Crippen LogP contribution < -0.4 is 16.2 Å². The number of carbonyl (C=O) groups is 2. The van der Waals surface area contributed by atoms with Gasteiger partial charge in [-0.1, -0.05) is 11.6 Å². The van der Waals surface area contributed by atoms with Crippen molar-refractivity contribution in [2.75, 3.05) is 24.9 Å². The molecule has 0 aliphatic carbocycles. The van der Waals surface area contributed by atoms with Crippen LogP contribution in [0.25, 0.3) is 0 Å². The standard InChI is InChI=1S/C14H19ClN2O4S/c1-20-11-7-8(3-4-9(11)16)12(18)13(15)21-14(19)10(17)5-6-22-2/h3-4,7,10,13H,5-6,16-17H2,1-2H3. The molecule has 0 bridgehead atoms. The van der Waals surface area contributed by atoms with Gasteiger partial charge in [0.1, 0.15) is 11.8 Å². The van der Waals surface area contributed by atoms with Crippen molar-refractivity contribution in [3.63, 3.8) is 0 Å². The number of nitrogens with two attached hydrogens (primary N) is 2. The summed E-state index contributed by atoms with van der Waals surface area (Å²) in [4.78, 5) is 23.9. The Labute approximate surface area is 138 Å². The molecular formula is C14H19ClN2O4S. The van der Waals surface area contributed by atoms with Crippen molar-refractivity contribution in [1.82, 2.24) is 0 Å². The lowest BCUT2D eigenvalue weighted by Gasteiger charge is -2.15. The number of anilines is 1. The number of thioether (sulfide) groups is 1. The largest absolute Gasteiger partial charge is 0.495 e. The van der Waals surface area contributed by atoms with E-state index in [2.05, 4.69) is 0 Å². The van der Waals surface area contributed by atoms with Gasteiger partial charge in [0, 0.05) is 5.56 Å². The predicted octanol–water partition coefficient (Wildman–Crippen LogP) is 1.65. The van der Waals surface area contributed by atoms with E-state index in [1.54, 1.807) is 11.8 Å². The SMILES string of the molecule is COc1cc(C(=O)C(Cl)OC(=O)C(N)CCSC)ccc1N. The Kier molecular flexibility index (Phi) is 7.50. The molecule has 1 aromatic rings. The van der Waals surface area contributed by atoms with Gasteiger partial charge in [-0.05, 0) is 36.6 Å². The molecule has 0 amide bonds. The Balaban J connectivity index is 2.70. The minimum atomic E-state index is -1.44. The molecule has 0 saturated carbocycles. The van der Waals surface area contributed by atoms with Gasteiger partial charge >= 0.3 is 5.97 Å². The van der Waals surface area contributed by atoms with Crippen LogP contribution in [0.2, 0.25) is 0 Å². The monoisotopic (exact) mass is 346 g/mol. The van der Waals surface area contributed by atoms with Crippen LogP contribution >= 0.6 is 23.4 Å². The number of ether oxygens (including phenoxy) is 2. The maximum atomic E-state index is 12.1. The molecule has 0 radical (unpaired) electrons. The number of Topliss-reactive ketones (excluding diaryl/α,β-unsaturated/α-hetero) is 1. The molecular weight excluding hydrogens is 328 g/mol. The van der Waals surface area contributed by atoms with E-state index in [1.807, 2.05) is 6.26 Å². The highest BCUT2D eigenvalue weighted by atomic mass is 35.5. The average Bonchev–Trinajstić information content (AvgIpc) is 2.52. The van der Waals surface area contributed by atoms with Gasteiger partial charge in [-0.3, -0.25) is 9.59 Å². The third-order valence-corrected chi connectivity index (χ3v) is 3.81. The van der Waals surface area contributed by atoms with E-state index in [-0.39, 0.29) is 5.56 Å². The van der Waals surface area contributed by atoms with E-state index in [4.69, 9.17) is 32.5 Å². The van der Waals surface area contributed by atoms with Gasteiger partial charge in [-0.2, -0.15) is 11.8 Å². The van der Waals surface area contributed by atoms with Crippen molar-refractivity contribution in [2.24, 2.45) is 5.73 Å². The second kappa shape index (κ2) is 8.87. The average molecular weight is 347 g/mol. The molecule has 2 atom stereocenters. The lowest BCUT2D eigenvalue weighted by atomic mass is 10.1. The Morgan fingerprint density at radius 2 is 2.09 bits per heavy atom. The van der Waals surface area contributed by atoms with Gasteiger partial charge in [0.25, 0.3) is 0 Å². The summed E-state index contributed by atoms with van der Waals surface area (Å²) in [5.74, 6) is -0.209. The Morgan fingerprint density at radius 1 is 1.41 bits per heavy atom. The topological polar surface area (TPSA) is 105 Å². The number of hydrogen-bond donors (Lipinski definition) is 2. The number of ketones is 1. The van der Waals surface area contributed by atoms with Gasteiger partial charge in [-0.25, -0.2) is 0 Å². The molecule has 22 heavy (non-hydrogen) atoms. The third kappa shape index (κ3) is 5.08. The lowest BCUT2D eigenvalue weighted by Crippen LogP contribution is -2.36. The lowest BCUT2D eigenvalue weighted by molar-refractivity contribution is -0.145. The summed E-state index contributed by atoms with van der Waals surface area (Å²) in [6.45, 7) is 0. The first-order valence-electron chi connectivity index (χ1n) is 6.47. The smallest absolute Gasteiger partial charge is 0.324 e. The minimum absolute atomic E-state index is 0.233. The van der Waals surface area contributed by atoms with Crippen molar-refractivity contribution in [1.29, 1.82) is 0 Å². The van der Waals surface area contributed by atoms with Gasteiger partial charge in [0.15, 0.2) is 0 Å². The van der Waals surface area contributed by atoms with Crippen LogP contribution in [0.15, 0.2) is 18.2 Å². The molecule has 122 valence electrons. The number of halogens is 1. The highest BCUT2D eigenvalue weighted by Crippen LogP contribution is 2.23. The fourth-order valence-electron chi connectivity index (χ4n) is 1.60. The summed E-state index contributed by atoms with van der Waals surface area (Å²) in [6.07, 6.45) is 2.36. The van der Waals surface area contributed by atoms with E-state index in [0.717, 1.165) is 0 Å². The van der Waals surface area contributed by atoms with Gasteiger partial charge in [0.05, 0.1) is 12.8 Å². The van der Waals surface area contributed by atoms with E-state index in [1.165, 1.54) is 25.3 Å². The van der Waals surface area contributed by atoms with Gasteiger partial charge in [-0.15, -0.1) is 0 Å². The van der Waals surface area contributed by atoms with Crippen LogP contribution in [-0.2, 0) is 9.53 Å². The minimum Gasteiger partial charge on any atom is -0.495 e. The molecule has 4 N–H and O–H groups in total. The number of hydrogen-bond acceptors (Lipinski definition) is 7. The number of methoxy groups -OCH3 is 1. The maximum absolute atomic E-state index is 12.1. The molecule has 1 rings (SSSR count). The number of carbonyl (C=O) groups excluding carboxylic acids is 2. The molecule has 0 aromatic heterocycles. The summed E-state index contributed by atoms with van der Waals surface area (Å²) in [6, 6.07) is 3.63. The summed E-state index contributed by atoms with van der Waals surface area (Å²) < 4.78 is 9.93. The molecule has 8 heteroatoms. The van der Waals surface area contributed by atoms with Crippen molar-refractivity contribution < 1.29 is 19.1 Å². The number of alkyl halides is 1. The second-order valence-corrected chi connectivity index (χ2v) is 5.84. The Morgan fingerprint density at radius 3 is 2.68 bits per heavy atom. The summed E-state index contributed by atoms with van der Waals surface area (Å²) >= 11 is 7.41. The molecule has 0 aliphatic heterocycles. The van der Waals surface area contributed by atoms with Crippen LogP contribution in [0.5, 0.6) is 5.75 Å². The zero-order valence-corrected chi connectivity index (χ0v) is 13.9. The fraction of sp³-hybridized carbons (Fsp3) is 0.429. The maximum Gasteiger partial charge on any atom is 0.324 e. The van der Waals surface area contributed by atoms with Crippen molar-refractivity contribution >= 4 is 40.8 Å². The first-order chi connectivity index (χ1) is 10.4. The van der Waals surface area contributed by atoms with Gasteiger partial charge in [0.2, 0.25) is 11.3 Å². The molecule has 0 heterocycles. The van der Waals surface area contributed by atoms with Crippen LogP contribution in [0.1, 0.15) is 16.8 Å². The molecule has 1 aromatic carbocycles. The van der Waals surface area contributed by atoms with Crippen molar-refractivity contribution in [2.45, 2.75) is 18.0 Å². The van der Waals surface area contributed by atoms with Crippen LogP contribution in [-0.4, -0.2) is 42.5 Å². The number of rotatable bonds is 8. The van der Waals surface area contributed by atoms with E-state index in [0.29, 0.717) is 23.6 Å². The highest BCUT2D eigenvalue weighted by Gasteiger charge is 2.25. The molecule has 0 saturated heterocycles. The second-order valence-electron chi connectivity index (χ2n) is 4.46. The quantitative estimate of drug-likeness (QED) is 0.319. The highest BCUT2D eigenvalue weighted by molar-refractivity contribution is 7.98. The molecule has 0 spiro atoms. The number of esters is 1. The van der Waals surface area contributed by atoms with Crippen LogP contribution in [0, 0.1) is 0 Å². The van der Waals surface area contributed by atoms with E-state index < -0.39 is 23.4 Å². The summed E-state index contributed by atoms with van der Waals surface area (Å²) in [5.41, 5.74) is 10.5. The van der Waals surface area contributed by atoms with E-state index >= 15 is 0 Å². The summed E-state index contributed by atoms with van der Waals surface area (Å²) in [5, 5.41) is 0. The Hall–Kier alpha value is -1.44. The summed E-state index contributed by atoms with van der Waals surface area (Å²) in [7, 11) is 1.43. The van der Waals surface area contributed by atoms with Crippen LogP contribution in [0.3, 0.4) is 0 Å². The van der Waals surface area contributed by atoms with E-state index in [9.17, 15) is 9.59 Å². The third-order valence-electron chi connectivity index (χ3n) is 2.88. The molecule has 0 fully saturated rings. The van der Waals surface area contributed by atoms with Crippen molar-refractivity contribution in [3.8, 4) is 5.75 Å². The number of benzene rings is 1. The zero-order valence-electron chi connectivity index (χ0n) is 12.4. The number of nitrogen functional groups attached to an aromatic ring is 1. The van der Waals surface area contributed by atoms with Crippen LogP contribution in [0.4, 0.5) is 5.69 Å². The van der Waals surface area contributed by atoms with Crippen molar-refractivity contribution in [3.05, 3.63) is 23.8 Å². The first kappa shape index (κ1) is 18.6. The fourth-order valence-corrected chi connectivity index (χ4v) is 2.30. The molecule has 2 unspecified atom stereocenters.